The molecule has 2 bridgehead atoms. The van der Waals surface area contributed by atoms with Crippen molar-refractivity contribution in [2.75, 3.05) is 31.2 Å². The fourth-order valence-electron chi connectivity index (χ4n) is 6.78. The Morgan fingerprint density at radius 1 is 1.21 bits per heavy atom. The van der Waals surface area contributed by atoms with E-state index in [-0.39, 0.29) is 31.6 Å². The Hall–Kier alpha value is -2.97. The Morgan fingerprint density at radius 3 is 2.67 bits per heavy atom. The van der Waals surface area contributed by atoms with Crippen molar-refractivity contribution in [3.8, 4) is 0 Å². The van der Waals surface area contributed by atoms with Gasteiger partial charge in [0, 0.05) is 25.4 Å². The van der Waals surface area contributed by atoms with Gasteiger partial charge in [0.25, 0.3) is 5.91 Å². The number of aryl methyl sites for hydroxylation is 2. The predicted octanol–water partition coefficient (Wildman–Crippen LogP) is 3.87. The molecule has 1 aromatic rings. The topological polar surface area (TPSA) is 96.4 Å². The first-order chi connectivity index (χ1) is 18.6. The largest absolute Gasteiger partial charge is 0.465 e. The molecule has 0 radical (unpaired) electrons. The second kappa shape index (κ2) is 11.6. The summed E-state index contributed by atoms with van der Waals surface area (Å²) in [5.41, 5.74) is 0.712. The van der Waals surface area contributed by atoms with Crippen LogP contribution in [0.15, 0.2) is 43.5 Å². The summed E-state index contributed by atoms with van der Waals surface area (Å²) in [5.74, 6) is -2.51. The number of aliphatic hydroxyl groups excluding tert-OH is 1. The molecule has 3 aliphatic heterocycles. The zero-order valence-corrected chi connectivity index (χ0v) is 23.5. The summed E-state index contributed by atoms with van der Waals surface area (Å²) in [6, 6.07) is 5.05. The first kappa shape index (κ1) is 29.0. The van der Waals surface area contributed by atoms with Gasteiger partial charge in [0.1, 0.15) is 17.6 Å². The predicted molar refractivity (Wildman–Crippen MR) is 149 cm³/mol. The van der Waals surface area contributed by atoms with Crippen molar-refractivity contribution >= 4 is 23.5 Å². The number of fused-ring (bicyclic) bond motifs is 1. The number of rotatable bonds is 13. The Bertz CT molecular complexity index is 1130. The van der Waals surface area contributed by atoms with Gasteiger partial charge in [0.15, 0.2) is 0 Å². The van der Waals surface area contributed by atoms with Gasteiger partial charge >= 0.3 is 5.97 Å². The third-order valence-electron chi connectivity index (χ3n) is 8.60. The lowest BCUT2D eigenvalue weighted by atomic mass is 9.66. The van der Waals surface area contributed by atoms with Crippen LogP contribution in [0.3, 0.4) is 0 Å². The molecule has 0 saturated carbocycles. The van der Waals surface area contributed by atoms with Crippen molar-refractivity contribution in [1.29, 1.82) is 0 Å². The van der Waals surface area contributed by atoms with Crippen LogP contribution in [0.5, 0.6) is 0 Å². The van der Waals surface area contributed by atoms with E-state index in [9.17, 15) is 19.5 Å². The molecular formula is C31H42N2O6. The van der Waals surface area contributed by atoms with E-state index < -0.39 is 35.0 Å². The molecule has 1 aromatic carbocycles. The van der Waals surface area contributed by atoms with Gasteiger partial charge in [-0.05, 0) is 76.5 Å². The van der Waals surface area contributed by atoms with E-state index in [4.69, 9.17) is 9.47 Å². The summed E-state index contributed by atoms with van der Waals surface area (Å²) in [6.07, 6.45) is 6.94. The molecule has 4 rings (SSSR count). The highest BCUT2D eigenvalue weighted by molar-refractivity contribution is 6.05. The summed E-state index contributed by atoms with van der Waals surface area (Å²) < 4.78 is 12.3. The van der Waals surface area contributed by atoms with Crippen molar-refractivity contribution in [2.45, 2.75) is 76.5 Å². The number of benzene rings is 1. The quantitative estimate of drug-likeness (QED) is 0.233. The summed E-state index contributed by atoms with van der Waals surface area (Å²) in [6.45, 7) is 14.2. The van der Waals surface area contributed by atoms with Gasteiger partial charge in [-0.15, -0.1) is 13.2 Å². The van der Waals surface area contributed by atoms with Gasteiger partial charge in [0.2, 0.25) is 5.91 Å². The molecular weight excluding hydrogens is 496 g/mol. The van der Waals surface area contributed by atoms with Gasteiger partial charge in [-0.2, -0.15) is 0 Å². The molecule has 2 amide bonds. The van der Waals surface area contributed by atoms with Crippen LogP contribution in [0.2, 0.25) is 0 Å². The maximum atomic E-state index is 14.6. The van der Waals surface area contributed by atoms with Crippen molar-refractivity contribution in [2.24, 2.45) is 11.8 Å². The molecule has 8 heteroatoms. The van der Waals surface area contributed by atoms with Crippen LogP contribution in [0.4, 0.5) is 5.69 Å². The maximum absolute atomic E-state index is 14.6. The Morgan fingerprint density at radius 2 is 1.97 bits per heavy atom. The number of hydrogen-bond acceptors (Lipinski definition) is 6. The van der Waals surface area contributed by atoms with Gasteiger partial charge in [0.05, 0.1) is 18.1 Å². The van der Waals surface area contributed by atoms with Crippen LogP contribution in [0.25, 0.3) is 0 Å². The lowest BCUT2D eigenvalue weighted by Gasteiger charge is -2.37. The third-order valence-corrected chi connectivity index (χ3v) is 8.60. The van der Waals surface area contributed by atoms with Gasteiger partial charge in [-0.25, -0.2) is 0 Å². The maximum Gasteiger partial charge on any atom is 0.312 e. The minimum Gasteiger partial charge on any atom is -0.465 e. The standard InChI is InChI=1S/C31H42N2O6/c1-6-8-11-19-38-29(37)25-24-27(35)33(17-9-10-18-34)26(31(24)15-14-30(25,5)39-31)28(36)32(16-7-2)23-20-21(3)12-13-22(23)4/h6-7,12-13,20,24-26,34H,1-2,8-11,14-19H2,3-5H3/t24-,25+,26?,30-,31?/m0/s1. The molecule has 1 spiro atoms. The van der Waals surface area contributed by atoms with Gasteiger partial charge in [-0.3, -0.25) is 14.4 Å². The SMILES string of the molecule is C=CCCCOC(=O)[C@H]1[C@H]2C(=O)N(CCCCO)C(C(=O)N(CC=C)c3cc(C)ccc3C)C23CC[C@]1(C)O3. The third kappa shape index (κ3) is 5.05. The molecule has 3 heterocycles. The molecule has 1 N–H and O–H groups in total. The summed E-state index contributed by atoms with van der Waals surface area (Å²) in [4.78, 5) is 45.4. The first-order valence-corrected chi connectivity index (χ1v) is 14.0. The van der Waals surface area contributed by atoms with E-state index in [1.165, 1.54) is 0 Å². The van der Waals surface area contributed by atoms with Gasteiger partial charge in [-0.1, -0.05) is 24.3 Å². The number of nitrogens with zero attached hydrogens (tertiary/aromatic N) is 2. The Kier molecular flexibility index (Phi) is 8.66. The smallest absolute Gasteiger partial charge is 0.312 e. The summed E-state index contributed by atoms with van der Waals surface area (Å²) in [5, 5.41) is 9.40. The normalized spacial score (nSPS) is 28.9. The number of unbranched alkanes of at least 4 members (excludes halogenated alkanes) is 2. The number of esters is 1. The van der Waals surface area contributed by atoms with E-state index in [2.05, 4.69) is 13.2 Å². The number of hydrogen-bond donors (Lipinski definition) is 1. The number of anilines is 1. The fourth-order valence-corrected chi connectivity index (χ4v) is 6.78. The molecule has 5 atom stereocenters. The number of likely N-dealkylation sites (tertiary alicyclic amines) is 1. The molecule has 212 valence electrons. The molecule has 39 heavy (non-hydrogen) atoms. The highest BCUT2D eigenvalue weighted by Crippen LogP contribution is 2.63. The number of allylic oxidation sites excluding steroid dienone is 1. The summed E-state index contributed by atoms with van der Waals surface area (Å²) in [7, 11) is 0. The minimum absolute atomic E-state index is 0.00543. The Labute approximate surface area is 231 Å². The number of aliphatic hydroxyl groups is 1. The van der Waals surface area contributed by atoms with Crippen LogP contribution in [-0.4, -0.2) is 71.3 Å². The van der Waals surface area contributed by atoms with E-state index in [1.807, 2.05) is 39.0 Å². The zero-order valence-electron chi connectivity index (χ0n) is 23.5. The molecule has 3 aliphatic rings. The lowest BCUT2D eigenvalue weighted by Crippen LogP contribution is -2.56. The summed E-state index contributed by atoms with van der Waals surface area (Å²) >= 11 is 0. The van der Waals surface area contributed by atoms with Crippen molar-refractivity contribution in [1.82, 2.24) is 4.90 Å². The number of carbonyl (C=O) groups excluding carboxylic acids is 3. The fraction of sp³-hybridized carbons (Fsp3) is 0.581. The van der Waals surface area contributed by atoms with E-state index >= 15 is 0 Å². The monoisotopic (exact) mass is 538 g/mol. The van der Waals surface area contributed by atoms with E-state index in [0.717, 1.165) is 23.2 Å². The van der Waals surface area contributed by atoms with Gasteiger partial charge < -0.3 is 24.4 Å². The first-order valence-electron chi connectivity index (χ1n) is 14.0. The number of carbonyl (C=O) groups is 3. The number of amides is 2. The van der Waals surface area contributed by atoms with Crippen LogP contribution in [0, 0.1) is 25.7 Å². The van der Waals surface area contributed by atoms with E-state index in [0.29, 0.717) is 38.6 Å². The van der Waals surface area contributed by atoms with Crippen LogP contribution >= 0.6 is 0 Å². The van der Waals surface area contributed by atoms with Crippen molar-refractivity contribution in [3.63, 3.8) is 0 Å². The number of ether oxygens (including phenoxy) is 2. The lowest BCUT2D eigenvalue weighted by molar-refractivity contribution is -0.159. The second-order valence-electron chi connectivity index (χ2n) is 11.3. The molecule has 0 aliphatic carbocycles. The van der Waals surface area contributed by atoms with Crippen molar-refractivity contribution < 1.29 is 29.0 Å². The highest BCUT2D eigenvalue weighted by atomic mass is 16.6. The molecule has 3 saturated heterocycles. The minimum atomic E-state index is -1.12. The van der Waals surface area contributed by atoms with Crippen LogP contribution in [0.1, 0.15) is 56.6 Å². The highest BCUT2D eigenvalue weighted by Gasteiger charge is 2.78. The van der Waals surface area contributed by atoms with E-state index in [1.54, 1.807) is 22.0 Å². The second-order valence-corrected chi connectivity index (χ2v) is 11.3. The van der Waals surface area contributed by atoms with Crippen LogP contribution < -0.4 is 4.90 Å². The Balaban J connectivity index is 1.74. The van der Waals surface area contributed by atoms with Crippen LogP contribution in [-0.2, 0) is 23.9 Å². The van der Waals surface area contributed by atoms with Crippen molar-refractivity contribution in [3.05, 3.63) is 54.6 Å². The molecule has 8 nitrogen and oxygen atoms in total. The average molecular weight is 539 g/mol. The zero-order chi connectivity index (χ0) is 28.4. The molecule has 2 unspecified atom stereocenters. The molecule has 0 aromatic heterocycles. The molecule has 3 fully saturated rings. The average Bonchev–Trinajstić information content (AvgIpc) is 3.47.